The summed E-state index contributed by atoms with van der Waals surface area (Å²) in [5, 5.41) is 3.19. The predicted molar refractivity (Wildman–Crippen MR) is 116 cm³/mol. The quantitative estimate of drug-likeness (QED) is 0.455. The smallest absolute Gasteiger partial charge is 0.255 e. The van der Waals surface area contributed by atoms with E-state index in [0.717, 1.165) is 16.7 Å². The highest BCUT2D eigenvalue weighted by molar-refractivity contribution is 5.96. The highest BCUT2D eigenvalue weighted by Crippen LogP contribution is 2.27. The minimum Gasteiger partial charge on any atom is -0.461 e. The molecule has 1 unspecified atom stereocenters. The fourth-order valence-corrected chi connectivity index (χ4v) is 3.42. The summed E-state index contributed by atoms with van der Waals surface area (Å²) < 4.78 is 5.87. The fourth-order valence-electron chi connectivity index (χ4n) is 3.42. The van der Waals surface area contributed by atoms with Gasteiger partial charge in [0.25, 0.3) is 5.91 Å². The molecular formula is C26H23NO2. The molecule has 0 spiro atoms. The molecular weight excluding hydrogens is 358 g/mol. The normalized spacial score (nSPS) is 11.8. The Kier molecular flexibility index (Phi) is 5.30. The van der Waals surface area contributed by atoms with Gasteiger partial charge in [0.2, 0.25) is 0 Å². The van der Waals surface area contributed by atoms with Gasteiger partial charge in [0.05, 0.1) is 11.6 Å². The molecule has 0 aliphatic heterocycles. The molecule has 1 aromatic heterocycles. The Labute approximate surface area is 171 Å². The van der Waals surface area contributed by atoms with Gasteiger partial charge in [-0.1, -0.05) is 90.5 Å². The van der Waals surface area contributed by atoms with E-state index in [0.29, 0.717) is 17.1 Å². The third-order valence-electron chi connectivity index (χ3n) is 5.04. The number of carbonyl (C=O) groups is 1. The van der Waals surface area contributed by atoms with E-state index in [-0.39, 0.29) is 11.9 Å². The number of hydrogen-bond acceptors (Lipinski definition) is 2. The van der Waals surface area contributed by atoms with Crippen LogP contribution in [0, 0.1) is 13.8 Å². The van der Waals surface area contributed by atoms with Crippen LogP contribution >= 0.6 is 0 Å². The number of rotatable bonds is 5. The van der Waals surface area contributed by atoms with E-state index in [1.54, 1.807) is 0 Å². The Balaban J connectivity index is 1.65. The van der Waals surface area contributed by atoms with Gasteiger partial charge < -0.3 is 9.73 Å². The van der Waals surface area contributed by atoms with E-state index < -0.39 is 0 Å². The molecule has 4 aromatic rings. The van der Waals surface area contributed by atoms with Gasteiger partial charge in [-0.15, -0.1) is 0 Å². The first-order chi connectivity index (χ1) is 14.1. The zero-order valence-electron chi connectivity index (χ0n) is 16.6. The lowest BCUT2D eigenvalue weighted by Gasteiger charge is -2.20. The van der Waals surface area contributed by atoms with Gasteiger partial charge in [-0.25, -0.2) is 0 Å². The van der Waals surface area contributed by atoms with E-state index in [1.165, 1.54) is 5.56 Å². The van der Waals surface area contributed by atoms with Gasteiger partial charge >= 0.3 is 0 Å². The standard InChI is InChI=1S/C26H23NO2/c1-18-13-15-22(16-14-18)25(21-11-7-4-8-12-21)27-26(28)23-17-24(29-19(23)2)20-9-5-3-6-10-20/h3-17,25H,1-2H3,(H,27,28). The molecule has 3 heteroatoms. The SMILES string of the molecule is Cc1ccc(C(NC(=O)c2cc(-c3ccccc3)oc2C)c2ccccc2)cc1. The molecule has 29 heavy (non-hydrogen) atoms. The third-order valence-corrected chi connectivity index (χ3v) is 5.04. The van der Waals surface area contributed by atoms with Crippen molar-refractivity contribution in [2.75, 3.05) is 0 Å². The van der Waals surface area contributed by atoms with Crippen molar-refractivity contribution in [1.29, 1.82) is 0 Å². The number of amides is 1. The lowest BCUT2D eigenvalue weighted by Crippen LogP contribution is -2.29. The summed E-state index contributed by atoms with van der Waals surface area (Å²) in [6, 6.07) is 29.6. The number of benzene rings is 3. The number of aryl methyl sites for hydroxylation is 2. The maximum atomic E-state index is 13.2. The molecule has 3 aromatic carbocycles. The second-order valence-corrected chi connectivity index (χ2v) is 7.17. The number of nitrogens with one attached hydrogen (secondary N) is 1. The van der Waals surface area contributed by atoms with Crippen molar-refractivity contribution in [2.24, 2.45) is 0 Å². The second kappa shape index (κ2) is 8.19. The van der Waals surface area contributed by atoms with Gasteiger partial charge in [-0.2, -0.15) is 0 Å². The summed E-state index contributed by atoms with van der Waals surface area (Å²) in [7, 11) is 0. The molecule has 0 saturated heterocycles. The van der Waals surface area contributed by atoms with E-state index in [4.69, 9.17) is 4.42 Å². The summed E-state index contributed by atoms with van der Waals surface area (Å²) in [6.07, 6.45) is 0. The largest absolute Gasteiger partial charge is 0.461 e. The lowest BCUT2D eigenvalue weighted by atomic mass is 9.97. The Morgan fingerprint density at radius 1 is 0.793 bits per heavy atom. The van der Waals surface area contributed by atoms with Crippen LogP contribution in [0.15, 0.2) is 95.4 Å². The van der Waals surface area contributed by atoms with Gasteiger partial charge in [-0.3, -0.25) is 4.79 Å². The first-order valence-corrected chi connectivity index (χ1v) is 9.70. The molecule has 1 atom stereocenters. The number of hydrogen-bond donors (Lipinski definition) is 1. The first-order valence-electron chi connectivity index (χ1n) is 9.70. The minimum atomic E-state index is -0.237. The summed E-state index contributed by atoms with van der Waals surface area (Å²) in [5.74, 6) is 1.15. The first kappa shape index (κ1) is 18.8. The Bertz CT molecular complexity index is 1100. The van der Waals surface area contributed by atoms with Crippen molar-refractivity contribution in [1.82, 2.24) is 5.32 Å². The van der Waals surface area contributed by atoms with Crippen LogP contribution in [0.5, 0.6) is 0 Å². The van der Waals surface area contributed by atoms with Crippen molar-refractivity contribution < 1.29 is 9.21 Å². The highest BCUT2D eigenvalue weighted by Gasteiger charge is 2.21. The maximum Gasteiger partial charge on any atom is 0.255 e. The van der Waals surface area contributed by atoms with E-state index in [2.05, 4.69) is 36.5 Å². The predicted octanol–water partition coefficient (Wildman–Crippen LogP) is 6.08. The van der Waals surface area contributed by atoms with Crippen molar-refractivity contribution >= 4 is 5.91 Å². The molecule has 0 fully saturated rings. The van der Waals surface area contributed by atoms with E-state index in [1.807, 2.05) is 73.7 Å². The highest BCUT2D eigenvalue weighted by atomic mass is 16.3. The fraction of sp³-hybridized carbons (Fsp3) is 0.115. The topological polar surface area (TPSA) is 42.2 Å². The van der Waals surface area contributed by atoms with Crippen LogP contribution in [-0.2, 0) is 0 Å². The molecule has 0 radical (unpaired) electrons. The van der Waals surface area contributed by atoms with Crippen molar-refractivity contribution in [3.8, 4) is 11.3 Å². The van der Waals surface area contributed by atoms with Gasteiger partial charge in [0.1, 0.15) is 11.5 Å². The van der Waals surface area contributed by atoms with Gasteiger partial charge in [0, 0.05) is 5.56 Å². The van der Waals surface area contributed by atoms with Crippen LogP contribution in [0.3, 0.4) is 0 Å². The average molecular weight is 381 g/mol. The summed E-state index contributed by atoms with van der Waals surface area (Å²) in [4.78, 5) is 13.2. The summed E-state index contributed by atoms with van der Waals surface area (Å²) in [5.41, 5.74) is 4.77. The molecule has 0 bridgehead atoms. The van der Waals surface area contributed by atoms with Crippen LogP contribution in [-0.4, -0.2) is 5.91 Å². The molecule has 4 rings (SSSR count). The number of carbonyl (C=O) groups excluding carboxylic acids is 1. The van der Waals surface area contributed by atoms with Gasteiger partial charge in [0.15, 0.2) is 0 Å². The van der Waals surface area contributed by atoms with Crippen molar-refractivity contribution in [3.05, 3.63) is 119 Å². The van der Waals surface area contributed by atoms with Crippen molar-refractivity contribution in [2.45, 2.75) is 19.9 Å². The molecule has 1 heterocycles. The minimum absolute atomic E-state index is 0.150. The maximum absolute atomic E-state index is 13.2. The molecule has 1 N–H and O–H groups in total. The molecule has 3 nitrogen and oxygen atoms in total. The van der Waals surface area contributed by atoms with Crippen LogP contribution in [0.4, 0.5) is 0 Å². The molecule has 0 aliphatic carbocycles. The van der Waals surface area contributed by atoms with Crippen LogP contribution in [0.25, 0.3) is 11.3 Å². The number of furan rings is 1. The van der Waals surface area contributed by atoms with Crippen LogP contribution < -0.4 is 5.32 Å². The third kappa shape index (κ3) is 4.14. The molecule has 0 saturated carbocycles. The van der Waals surface area contributed by atoms with Crippen molar-refractivity contribution in [3.63, 3.8) is 0 Å². The van der Waals surface area contributed by atoms with E-state index in [9.17, 15) is 4.79 Å². The molecule has 144 valence electrons. The summed E-state index contributed by atoms with van der Waals surface area (Å²) in [6.45, 7) is 3.88. The Hall–Kier alpha value is -3.59. The zero-order chi connectivity index (χ0) is 20.2. The lowest BCUT2D eigenvalue weighted by molar-refractivity contribution is 0.0941. The monoisotopic (exact) mass is 381 g/mol. The zero-order valence-corrected chi connectivity index (χ0v) is 16.6. The summed E-state index contributed by atoms with van der Waals surface area (Å²) >= 11 is 0. The second-order valence-electron chi connectivity index (χ2n) is 7.17. The van der Waals surface area contributed by atoms with Crippen LogP contribution in [0.2, 0.25) is 0 Å². The molecule has 0 aliphatic rings. The van der Waals surface area contributed by atoms with E-state index >= 15 is 0 Å². The Morgan fingerprint density at radius 3 is 2.03 bits per heavy atom. The average Bonchev–Trinajstić information content (AvgIpc) is 3.16. The van der Waals surface area contributed by atoms with Gasteiger partial charge in [-0.05, 0) is 31.0 Å². The van der Waals surface area contributed by atoms with Crippen LogP contribution in [0.1, 0.15) is 38.9 Å². The Morgan fingerprint density at radius 2 is 1.38 bits per heavy atom. The molecule has 1 amide bonds.